The normalized spacial score (nSPS) is 21.1. The Kier molecular flexibility index (Phi) is 6.43. The fraction of sp³-hybridized carbons (Fsp3) is 0.462. The van der Waals surface area contributed by atoms with Gasteiger partial charge in [0.05, 0.1) is 49.6 Å². The molecule has 34 heavy (non-hydrogen) atoms. The van der Waals surface area contributed by atoms with E-state index >= 15 is 0 Å². The number of hydrogen-bond acceptors (Lipinski definition) is 8. The number of carbonyl (C=O) groups excluding carboxylic acids is 1. The average molecular weight is 462 g/mol. The van der Waals surface area contributed by atoms with Crippen molar-refractivity contribution in [3.05, 3.63) is 42.0 Å². The van der Waals surface area contributed by atoms with Crippen LogP contribution in [-0.4, -0.2) is 72.3 Å². The van der Waals surface area contributed by atoms with E-state index in [9.17, 15) is 4.79 Å². The van der Waals surface area contributed by atoms with Crippen LogP contribution in [-0.2, 0) is 9.47 Å². The van der Waals surface area contributed by atoms with Gasteiger partial charge in [-0.25, -0.2) is 4.98 Å². The highest BCUT2D eigenvalue weighted by Gasteiger charge is 2.27. The van der Waals surface area contributed by atoms with E-state index in [2.05, 4.69) is 29.7 Å². The monoisotopic (exact) mass is 461 g/mol. The Labute approximate surface area is 199 Å². The summed E-state index contributed by atoms with van der Waals surface area (Å²) in [6.07, 6.45) is 0.496. The van der Waals surface area contributed by atoms with Gasteiger partial charge in [0.2, 0.25) is 5.95 Å². The predicted octanol–water partition coefficient (Wildman–Crippen LogP) is 3.73. The molecule has 2 aliphatic heterocycles. The number of carbonyl (C=O) groups is 1. The number of pyridine rings is 1. The lowest BCUT2D eigenvalue weighted by molar-refractivity contribution is 0.0973. The molecule has 2 aromatic heterocycles. The third-order valence-electron chi connectivity index (χ3n) is 6.62. The van der Waals surface area contributed by atoms with Crippen LogP contribution in [0, 0.1) is 0 Å². The minimum Gasteiger partial charge on any atom is -0.377 e. The number of ketones is 1. The van der Waals surface area contributed by atoms with E-state index in [1.165, 1.54) is 0 Å². The van der Waals surface area contributed by atoms with Crippen molar-refractivity contribution in [2.24, 2.45) is 0 Å². The first kappa shape index (κ1) is 22.7. The quantitative estimate of drug-likeness (QED) is 0.532. The smallest absolute Gasteiger partial charge is 0.229 e. The van der Waals surface area contributed by atoms with Crippen molar-refractivity contribution in [3.8, 4) is 11.3 Å². The summed E-state index contributed by atoms with van der Waals surface area (Å²) in [4.78, 5) is 31.4. The minimum atomic E-state index is 0.138. The zero-order valence-corrected chi connectivity index (χ0v) is 20.0. The lowest BCUT2D eigenvalue weighted by Gasteiger charge is -2.37. The third-order valence-corrected chi connectivity index (χ3v) is 6.62. The molecule has 2 fully saturated rings. The van der Waals surface area contributed by atoms with Gasteiger partial charge in [-0.15, -0.1) is 0 Å². The molecule has 8 nitrogen and oxygen atoms in total. The summed E-state index contributed by atoms with van der Waals surface area (Å²) in [7, 11) is 0. The highest BCUT2D eigenvalue weighted by atomic mass is 16.5. The van der Waals surface area contributed by atoms with Crippen molar-refractivity contribution in [1.29, 1.82) is 0 Å². The lowest BCUT2D eigenvalue weighted by atomic mass is 10.0. The fourth-order valence-electron chi connectivity index (χ4n) is 4.59. The molecule has 0 saturated carbocycles. The van der Waals surface area contributed by atoms with Gasteiger partial charge in [0.25, 0.3) is 0 Å². The molecule has 5 rings (SSSR count). The van der Waals surface area contributed by atoms with Gasteiger partial charge in [-0.1, -0.05) is 31.2 Å². The second-order valence-electron chi connectivity index (χ2n) is 9.00. The van der Waals surface area contributed by atoms with Gasteiger partial charge in [0, 0.05) is 30.6 Å². The van der Waals surface area contributed by atoms with E-state index in [0.717, 1.165) is 41.1 Å². The standard InChI is InChI=1S/C26H31N5O3/c1-4-23(32)20-7-5-19(6-8-20)22-10-9-21-24(27-22)28-26(31-12-14-34-16-18(31)3)29-25(21)30-11-13-33-15-17(30)2/h5-10,17-18H,4,11-16H2,1-3H3/t17-,18-/m0/s1. The number of Topliss-reactive ketones (excluding diaryl/α,β-unsaturated/α-hetero) is 1. The first-order valence-corrected chi connectivity index (χ1v) is 12.1. The van der Waals surface area contributed by atoms with E-state index in [4.69, 9.17) is 24.4 Å². The maximum atomic E-state index is 12.0. The fourth-order valence-corrected chi connectivity index (χ4v) is 4.59. The van der Waals surface area contributed by atoms with E-state index in [1.807, 2.05) is 37.3 Å². The van der Waals surface area contributed by atoms with Crippen LogP contribution in [0.3, 0.4) is 0 Å². The molecule has 0 radical (unpaired) electrons. The molecular weight excluding hydrogens is 430 g/mol. The van der Waals surface area contributed by atoms with Crippen LogP contribution in [0.15, 0.2) is 36.4 Å². The Morgan fingerprint density at radius 2 is 1.59 bits per heavy atom. The Morgan fingerprint density at radius 3 is 2.24 bits per heavy atom. The molecule has 0 unspecified atom stereocenters. The Morgan fingerprint density at radius 1 is 0.912 bits per heavy atom. The summed E-state index contributed by atoms with van der Waals surface area (Å²) in [6, 6.07) is 12.1. The molecule has 8 heteroatoms. The molecule has 2 saturated heterocycles. The molecule has 0 amide bonds. The van der Waals surface area contributed by atoms with Crippen molar-refractivity contribution < 1.29 is 14.3 Å². The van der Waals surface area contributed by atoms with Crippen LogP contribution in [0.1, 0.15) is 37.6 Å². The Balaban J connectivity index is 1.60. The van der Waals surface area contributed by atoms with Crippen molar-refractivity contribution in [1.82, 2.24) is 15.0 Å². The summed E-state index contributed by atoms with van der Waals surface area (Å²) in [6.45, 7) is 10.3. The molecule has 0 bridgehead atoms. The summed E-state index contributed by atoms with van der Waals surface area (Å²) >= 11 is 0. The van der Waals surface area contributed by atoms with Gasteiger partial charge in [0.1, 0.15) is 5.82 Å². The largest absolute Gasteiger partial charge is 0.377 e. The topological polar surface area (TPSA) is 80.7 Å². The van der Waals surface area contributed by atoms with Gasteiger partial charge in [-0.3, -0.25) is 4.79 Å². The van der Waals surface area contributed by atoms with Crippen LogP contribution in [0.4, 0.5) is 11.8 Å². The van der Waals surface area contributed by atoms with Crippen LogP contribution >= 0.6 is 0 Å². The number of benzene rings is 1. The molecule has 0 N–H and O–H groups in total. The van der Waals surface area contributed by atoms with Crippen LogP contribution in [0.2, 0.25) is 0 Å². The van der Waals surface area contributed by atoms with Gasteiger partial charge < -0.3 is 19.3 Å². The number of morpholine rings is 2. The molecule has 2 aliphatic rings. The average Bonchev–Trinajstić information content (AvgIpc) is 2.88. The first-order valence-electron chi connectivity index (χ1n) is 12.1. The summed E-state index contributed by atoms with van der Waals surface area (Å²) in [5.74, 6) is 1.72. The zero-order valence-electron chi connectivity index (χ0n) is 20.0. The summed E-state index contributed by atoms with van der Waals surface area (Å²) < 4.78 is 11.3. The Hall–Kier alpha value is -3.10. The molecule has 0 aliphatic carbocycles. The van der Waals surface area contributed by atoms with Crippen molar-refractivity contribution in [2.75, 3.05) is 49.3 Å². The molecule has 178 valence electrons. The highest BCUT2D eigenvalue weighted by molar-refractivity contribution is 5.96. The molecular formula is C26H31N5O3. The van der Waals surface area contributed by atoms with Gasteiger partial charge in [0.15, 0.2) is 11.4 Å². The van der Waals surface area contributed by atoms with Crippen molar-refractivity contribution >= 4 is 28.6 Å². The van der Waals surface area contributed by atoms with E-state index < -0.39 is 0 Å². The zero-order chi connectivity index (χ0) is 23.7. The second kappa shape index (κ2) is 9.64. The van der Waals surface area contributed by atoms with Crippen molar-refractivity contribution in [2.45, 2.75) is 39.3 Å². The first-order chi connectivity index (χ1) is 16.5. The highest BCUT2D eigenvalue weighted by Crippen LogP contribution is 2.31. The summed E-state index contributed by atoms with van der Waals surface area (Å²) in [5.41, 5.74) is 3.17. The number of fused-ring (bicyclic) bond motifs is 1. The van der Waals surface area contributed by atoms with Crippen LogP contribution in [0.25, 0.3) is 22.3 Å². The van der Waals surface area contributed by atoms with Gasteiger partial charge >= 0.3 is 0 Å². The molecule has 0 spiro atoms. The third kappa shape index (κ3) is 4.35. The number of anilines is 2. The number of ether oxygens (including phenoxy) is 2. The minimum absolute atomic E-state index is 0.138. The lowest BCUT2D eigenvalue weighted by Crippen LogP contribution is -2.46. The van der Waals surface area contributed by atoms with Gasteiger partial charge in [-0.2, -0.15) is 9.97 Å². The number of rotatable bonds is 5. The maximum Gasteiger partial charge on any atom is 0.229 e. The number of nitrogens with zero attached hydrogens (tertiary/aromatic N) is 5. The number of aromatic nitrogens is 3. The van der Waals surface area contributed by atoms with Crippen molar-refractivity contribution in [3.63, 3.8) is 0 Å². The van der Waals surface area contributed by atoms with Gasteiger partial charge in [-0.05, 0) is 26.0 Å². The van der Waals surface area contributed by atoms with E-state index in [0.29, 0.717) is 44.4 Å². The second-order valence-corrected chi connectivity index (χ2v) is 9.00. The molecule has 2 atom stereocenters. The maximum absolute atomic E-state index is 12.0. The number of hydrogen-bond donors (Lipinski definition) is 0. The van der Waals surface area contributed by atoms with E-state index in [-0.39, 0.29) is 17.9 Å². The SMILES string of the molecule is CCC(=O)c1ccc(-c2ccc3c(N4CCOC[C@@H]4C)nc(N4CCOC[C@@H]4C)nc3n2)cc1. The predicted molar refractivity (Wildman–Crippen MR) is 133 cm³/mol. The molecule has 4 heterocycles. The Bertz CT molecular complexity index is 1180. The van der Waals surface area contributed by atoms with E-state index in [1.54, 1.807) is 0 Å². The molecule has 1 aromatic carbocycles. The van der Waals surface area contributed by atoms with Crippen LogP contribution in [0.5, 0.6) is 0 Å². The van der Waals surface area contributed by atoms with Crippen LogP contribution < -0.4 is 9.80 Å². The molecule has 3 aromatic rings. The summed E-state index contributed by atoms with van der Waals surface area (Å²) in [5, 5.41) is 0.931.